The molecule has 1 rings (SSSR count). The zero-order valence-corrected chi connectivity index (χ0v) is 12.7. The first kappa shape index (κ1) is 15.4. The van der Waals surface area contributed by atoms with Gasteiger partial charge in [0.1, 0.15) is 4.90 Å². The lowest BCUT2D eigenvalue weighted by molar-refractivity contribution is 0.177. The maximum Gasteiger partial charge on any atom is 0.244 e. The Bertz CT molecular complexity index is 517. The maximum atomic E-state index is 12.3. The maximum absolute atomic E-state index is 12.3. The Balaban J connectivity index is 3.02. The molecule has 0 spiro atoms. The lowest BCUT2D eigenvalue weighted by atomic mass is 10.3. The van der Waals surface area contributed by atoms with Crippen LogP contribution in [-0.4, -0.2) is 37.5 Å². The minimum atomic E-state index is -3.62. The number of sulfonamides is 1. The van der Waals surface area contributed by atoms with Gasteiger partial charge in [0.05, 0.1) is 11.8 Å². The smallest absolute Gasteiger partial charge is 0.244 e. The van der Waals surface area contributed by atoms with Gasteiger partial charge in [-0.3, -0.25) is 0 Å². The van der Waals surface area contributed by atoms with E-state index in [9.17, 15) is 13.5 Å². The summed E-state index contributed by atoms with van der Waals surface area (Å²) in [6.45, 7) is 1.86. The van der Waals surface area contributed by atoms with Gasteiger partial charge >= 0.3 is 0 Å². The van der Waals surface area contributed by atoms with E-state index >= 15 is 0 Å². The van der Waals surface area contributed by atoms with E-state index < -0.39 is 16.1 Å². The molecule has 0 aliphatic carbocycles. The highest BCUT2D eigenvalue weighted by Gasteiger charge is 2.23. The highest BCUT2D eigenvalue weighted by Crippen LogP contribution is 2.25. The van der Waals surface area contributed by atoms with Crippen molar-refractivity contribution in [3.63, 3.8) is 0 Å². The monoisotopic (exact) mass is 336 g/mol. The van der Waals surface area contributed by atoms with Gasteiger partial charge in [-0.15, -0.1) is 0 Å². The molecule has 7 heteroatoms. The van der Waals surface area contributed by atoms with Crippen molar-refractivity contribution in [2.24, 2.45) is 0 Å². The third kappa shape index (κ3) is 3.68. The third-order valence-corrected chi connectivity index (χ3v) is 4.93. The van der Waals surface area contributed by atoms with Crippen molar-refractivity contribution >= 4 is 31.6 Å². The fourth-order valence-electron chi connectivity index (χ4n) is 1.39. The first-order valence-electron chi connectivity index (χ1n) is 5.44. The Kier molecular flexibility index (Phi) is 5.15. The second-order valence-corrected chi connectivity index (χ2v) is 7.08. The van der Waals surface area contributed by atoms with Crippen LogP contribution in [0.5, 0.6) is 0 Å². The van der Waals surface area contributed by atoms with Gasteiger partial charge in [-0.1, -0.05) is 15.9 Å². The van der Waals surface area contributed by atoms with Crippen LogP contribution in [-0.2, 0) is 10.0 Å². The predicted molar refractivity (Wildman–Crippen MR) is 74.7 cm³/mol. The van der Waals surface area contributed by atoms with Crippen molar-refractivity contribution in [1.82, 2.24) is 4.31 Å². The minimum Gasteiger partial charge on any atom is -0.398 e. The van der Waals surface area contributed by atoms with Crippen LogP contribution in [0.3, 0.4) is 0 Å². The average Bonchev–Trinajstić information content (AvgIpc) is 2.28. The largest absolute Gasteiger partial charge is 0.398 e. The molecule has 0 aliphatic rings. The Morgan fingerprint density at radius 1 is 1.50 bits per heavy atom. The molecule has 1 unspecified atom stereocenters. The Morgan fingerprint density at radius 3 is 2.67 bits per heavy atom. The number of halogens is 1. The van der Waals surface area contributed by atoms with E-state index in [-0.39, 0.29) is 17.1 Å². The normalized spacial score (nSPS) is 13.8. The molecule has 0 aliphatic heterocycles. The molecule has 1 atom stereocenters. The summed E-state index contributed by atoms with van der Waals surface area (Å²) >= 11 is 3.22. The predicted octanol–water partition coefficient (Wildman–Crippen LogP) is 1.42. The molecule has 1 aromatic rings. The third-order valence-electron chi connectivity index (χ3n) is 2.53. The number of anilines is 1. The Morgan fingerprint density at radius 2 is 2.11 bits per heavy atom. The number of rotatable bonds is 5. The van der Waals surface area contributed by atoms with Crippen LogP contribution in [0, 0.1) is 0 Å². The number of benzene rings is 1. The van der Waals surface area contributed by atoms with Crippen LogP contribution >= 0.6 is 15.9 Å². The number of nitrogen functional groups attached to an aromatic ring is 1. The summed E-state index contributed by atoms with van der Waals surface area (Å²) in [5, 5.41) is 9.18. The molecular weight excluding hydrogens is 320 g/mol. The van der Waals surface area contributed by atoms with Crippen LogP contribution in [0.2, 0.25) is 0 Å². The van der Waals surface area contributed by atoms with Crippen LogP contribution in [0.25, 0.3) is 0 Å². The van der Waals surface area contributed by atoms with Crippen molar-refractivity contribution < 1.29 is 13.5 Å². The molecule has 0 aromatic heterocycles. The van der Waals surface area contributed by atoms with Crippen LogP contribution in [0.15, 0.2) is 27.6 Å². The van der Waals surface area contributed by atoms with E-state index in [2.05, 4.69) is 15.9 Å². The molecule has 0 bridgehead atoms. The highest BCUT2D eigenvalue weighted by molar-refractivity contribution is 9.10. The number of hydrogen-bond acceptors (Lipinski definition) is 4. The zero-order chi connectivity index (χ0) is 13.9. The van der Waals surface area contributed by atoms with Crippen LogP contribution in [0.4, 0.5) is 5.69 Å². The van der Waals surface area contributed by atoms with Crippen molar-refractivity contribution in [1.29, 1.82) is 0 Å². The summed E-state index contributed by atoms with van der Waals surface area (Å²) in [5.41, 5.74) is 5.90. The van der Waals surface area contributed by atoms with Gasteiger partial charge in [-0.05, 0) is 31.5 Å². The summed E-state index contributed by atoms with van der Waals surface area (Å²) in [6.07, 6.45) is -0.161. The van der Waals surface area contributed by atoms with E-state index in [0.717, 1.165) is 0 Å². The van der Waals surface area contributed by atoms with Gasteiger partial charge in [0.2, 0.25) is 10.0 Å². The van der Waals surface area contributed by atoms with Crippen molar-refractivity contribution in [3.8, 4) is 0 Å². The number of aliphatic hydroxyl groups excluding tert-OH is 1. The number of nitrogens with zero attached hydrogens (tertiary/aromatic N) is 1. The molecule has 0 amide bonds. The van der Waals surface area contributed by atoms with E-state index in [1.54, 1.807) is 19.1 Å². The molecule has 18 heavy (non-hydrogen) atoms. The molecule has 0 fully saturated rings. The molecule has 0 saturated heterocycles. The minimum absolute atomic E-state index is 0.0740. The molecule has 5 nitrogen and oxygen atoms in total. The zero-order valence-electron chi connectivity index (χ0n) is 10.3. The summed E-state index contributed by atoms with van der Waals surface area (Å²) in [5.74, 6) is 0. The molecule has 3 N–H and O–H groups in total. The van der Waals surface area contributed by atoms with Crippen molar-refractivity contribution in [2.45, 2.75) is 24.3 Å². The average molecular weight is 337 g/mol. The lowest BCUT2D eigenvalue weighted by Crippen LogP contribution is -2.30. The van der Waals surface area contributed by atoms with Crippen molar-refractivity contribution in [3.05, 3.63) is 22.7 Å². The fourth-order valence-corrected chi connectivity index (χ4v) is 3.22. The Labute approximate surface area is 116 Å². The van der Waals surface area contributed by atoms with E-state index in [1.807, 2.05) is 0 Å². The van der Waals surface area contributed by atoms with Gasteiger partial charge in [-0.25, -0.2) is 12.7 Å². The van der Waals surface area contributed by atoms with Gasteiger partial charge in [0, 0.05) is 18.1 Å². The topological polar surface area (TPSA) is 83.6 Å². The van der Waals surface area contributed by atoms with E-state index in [4.69, 9.17) is 5.73 Å². The summed E-state index contributed by atoms with van der Waals surface area (Å²) < 4.78 is 26.4. The number of hydrogen-bond donors (Lipinski definition) is 2. The van der Waals surface area contributed by atoms with Gasteiger partial charge in [0.25, 0.3) is 0 Å². The summed E-state index contributed by atoms with van der Waals surface area (Å²) in [4.78, 5) is 0.0740. The molecule has 1 aromatic carbocycles. The molecule has 0 heterocycles. The first-order valence-corrected chi connectivity index (χ1v) is 7.68. The summed E-state index contributed by atoms with van der Waals surface area (Å²) in [7, 11) is -2.15. The second kappa shape index (κ2) is 6.01. The van der Waals surface area contributed by atoms with Crippen molar-refractivity contribution in [2.75, 3.05) is 19.3 Å². The Hall–Kier alpha value is -0.630. The van der Waals surface area contributed by atoms with Gasteiger partial charge in [0.15, 0.2) is 0 Å². The van der Waals surface area contributed by atoms with Gasteiger partial charge in [-0.2, -0.15) is 0 Å². The summed E-state index contributed by atoms with van der Waals surface area (Å²) in [6, 6.07) is 4.70. The lowest BCUT2D eigenvalue weighted by Gasteiger charge is -2.19. The SMILES string of the molecule is CC(O)CCN(C)S(=O)(=O)c1cc(Br)ccc1N. The number of aliphatic hydroxyl groups is 1. The molecule has 102 valence electrons. The highest BCUT2D eigenvalue weighted by atomic mass is 79.9. The van der Waals surface area contributed by atoms with Gasteiger partial charge < -0.3 is 10.8 Å². The molecule has 0 radical (unpaired) electrons. The standard InChI is InChI=1S/C11H17BrN2O3S/c1-8(15)5-6-14(2)18(16,17)11-7-9(12)3-4-10(11)13/h3-4,7-8,15H,5-6,13H2,1-2H3. The van der Waals surface area contributed by atoms with E-state index in [1.165, 1.54) is 17.4 Å². The van der Waals surface area contributed by atoms with Crippen LogP contribution < -0.4 is 5.73 Å². The van der Waals surface area contributed by atoms with E-state index in [0.29, 0.717) is 10.9 Å². The molecular formula is C11H17BrN2O3S. The quantitative estimate of drug-likeness (QED) is 0.796. The fraction of sp³-hybridized carbons (Fsp3) is 0.455. The molecule has 0 saturated carbocycles. The number of nitrogens with two attached hydrogens (primary N) is 1. The second-order valence-electron chi connectivity index (χ2n) is 4.15. The van der Waals surface area contributed by atoms with Crippen LogP contribution in [0.1, 0.15) is 13.3 Å². The first-order chi connectivity index (χ1) is 8.25.